The highest BCUT2D eigenvalue weighted by Gasteiger charge is 2.20. The fourth-order valence-corrected chi connectivity index (χ4v) is 7.41. The van der Waals surface area contributed by atoms with E-state index in [-0.39, 0.29) is 0 Å². The van der Waals surface area contributed by atoms with E-state index in [1.807, 2.05) is 18.3 Å². The van der Waals surface area contributed by atoms with Gasteiger partial charge in [-0.2, -0.15) is 0 Å². The zero-order chi connectivity index (χ0) is 34.4. The summed E-state index contributed by atoms with van der Waals surface area (Å²) in [5, 5.41) is 8.03. The molecule has 0 atom stereocenters. The van der Waals surface area contributed by atoms with Crippen LogP contribution in [0.5, 0.6) is 0 Å². The molecule has 2 heterocycles. The van der Waals surface area contributed by atoms with Crippen molar-refractivity contribution in [1.82, 2.24) is 19.9 Å². The Labute approximate surface area is 300 Å². The molecule has 2 aromatic heterocycles. The first-order chi connectivity index (χ1) is 25.8. The van der Waals surface area contributed by atoms with Crippen molar-refractivity contribution in [3.63, 3.8) is 0 Å². The van der Waals surface area contributed by atoms with Crippen LogP contribution in [0.4, 0.5) is 0 Å². The highest BCUT2D eigenvalue weighted by Crippen LogP contribution is 2.40. The maximum atomic E-state index is 5.32. The number of rotatable bonds is 5. The zero-order valence-electron chi connectivity index (χ0n) is 28.1. The van der Waals surface area contributed by atoms with Gasteiger partial charge < -0.3 is 0 Å². The molecule has 0 bridgehead atoms. The summed E-state index contributed by atoms with van der Waals surface area (Å²) in [4.78, 5) is 20.6. The van der Waals surface area contributed by atoms with E-state index in [4.69, 9.17) is 19.9 Å². The van der Waals surface area contributed by atoms with Crippen molar-refractivity contribution in [2.45, 2.75) is 0 Å². The smallest absolute Gasteiger partial charge is 0.165 e. The van der Waals surface area contributed by atoms with Crippen molar-refractivity contribution in [3.8, 4) is 56.4 Å². The summed E-state index contributed by atoms with van der Waals surface area (Å²) >= 11 is 0. The summed E-state index contributed by atoms with van der Waals surface area (Å²) in [6.45, 7) is 0. The average Bonchev–Trinajstić information content (AvgIpc) is 3.23. The number of aromatic nitrogens is 4. The number of fused-ring (bicyclic) bond motifs is 6. The van der Waals surface area contributed by atoms with Crippen molar-refractivity contribution in [1.29, 1.82) is 0 Å². The van der Waals surface area contributed by atoms with Crippen LogP contribution in [-0.4, -0.2) is 19.9 Å². The van der Waals surface area contributed by atoms with E-state index >= 15 is 0 Å². The minimum atomic E-state index is 0.619. The quantitative estimate of drug-likeness (QED) is 0.172. The van der Waals surface area contributed by atoms with Gasteiger partial charge in [0.1, 0.15) is 0 Å². The van der Waals surface area contributed by atoms with Crippen molar-refractivity contribution < 1.29 is 0 Å². The number of hydrogen-bond donors (Lipinski definition) is 0. The molecule has 10 rings (SSSR count). The lowest BCUT2D eigenvalue weighted by Crippen LogP contribution is -2.02. The van der Waals surface area contributed by atoms with E-state index in [0.29, 0.717) is 17.5 Å². The maximum absolute atomic E-state index is 5.32. The number of nitrogens with zero attached hydrogens (tertiary/aromatic N) is 4. The predicted molar refractivity (Wildman–Crippen MR) is 215 cm³/mol. The molecule has 242 valence electrons. The lowest BCUT2D eigenvalue weighted by molar-refractivity contribution is 1.08. The Balaban J connectivity index is 1.24. The molecule has 0 aliphatic carbocycles. The van der Waals surface area contributed by atoms with Gasteiger partial charge in [-0.15, -0.1) is 0 Å². The Kier molecular flexibility index (Phi) is 7.10. The third kappa shape index (κ3) is 5.17. The molecule has 0 aliphatic rings. The topological polar surface area (TPSA) is 51.6 Å². The van der Waals surface area contributed by atoms with E-state index < -0.39 is 0 Å². The van der Waals surface area contributed by atoms with Crippen LogP contribution in [0, 0.1) is 0 Å². The standard InChI is InChI=1S/C48H30N4/c1-3-13-32(14-4-1)39-20-11-21-40(33-15-5-2-6-16-33)45(39)48-51-46(36-23-22-31-12-7-8-17-34(31)28-36)50-47(52-48)37-24-26-42-35(29-37)25-27-43-44(42)41-19-10-9-18-38(41)30-49-43/h1-30H. The van der Waals surface area contributed by atoms with Crippen LogP contribution < -0.4 is 0 Å². The predicted octanol–water partition coefficient (Wildman–Crippen LogP) is 12.2. The molecule has 0 saturated heterocycles. The first-order valence-electron chi connectivity index (χ1n) is 17.5. The highest BCUT2D eigenvalue weighted by atomic mass is 15.0. The Morgan fingerprint density at radius 3 is 1.58 bits per heavy atom. The Hall–Kier alpha value is -7.04. The average molecular weight is 663 g/mol. The number of pyridine rings is 1. The van der Waals surface area contributed by atoms with Gasteiger partial charge in [-0.1, -0.05) is 158 Å². The van der Waals surface area contributed by atoms with E-state index in [1.54, 1.807) is 0 Å². The second-order valence-electron chi connectivity index (χ2n) is 13.1. The molecule has 10 aromatic rings. The van der Waals surface area contributed by atoms with Crippen molar-refractivity contribution >= 4 is 43.2 Å². The Bertz CT molecular complexity index is 2900. The summed E-state index contributed by atoms with van der Waals surface area (Å²) in [5.74, 6) is 1.87. The van der Waals surface area contributed by atoms with Gasteiger partial charge in [-0.05, 0) is 67.4 Å². The van der Waals surface area contributed by atoms with E-state index in [0.717, 1.165) is 71.4 Å². The van der Waals surface area contributed by atoms with E-state index in [1.165, 1.54) is 10.8 Å². The second-order valence-corrected chi connectivity index (χ2v) is 13.1. The summed E-state index contributed by atoms with van der Waals surface area (Å²) in [6, 6.07) is 61.4. The fourth-order valence-electron chi connectivity index (χ4n) is 7.41. The minimum absolute atomic E-state index is 0.619. The van der Waals surface area contributed by atoms with Crippen molar-refractivity contribution in [3.05, 3.63) is 182 Å². The first kappa shape index (κ1) is 29.8. The van der Waals surface area contributed by atoms with Gasteiger partial charge in [0.05, 0.1) is 5.52 Å². The molecule has 0 radical (unpaired) electrons. The third-order valence-electron chi connectivity index (χ3n) is 9.93. The molecular weight excluding hydrogens is 633 g/mol. The molecule has 0 amide bonds. The highest BCUT2D eigenvalue weighted by molar-refractivity contribution is 6.19. The Morgan fingerprint density at radius 1 is 0.327 bits per heavy atom. The van der Waals surface area contributed by atoms with Crippen LogP contribution in [0.1, 0.15) is 0 Å². The zero-order valence-corrected chi connectivity index (χ0v) is 28.1. The summed E-state index contributed by atoms with van der Waals surface area (Å²) in [5.41, 5.74) is 8.13. The summed E-state index contributed by atoms with van der Waals surface area (Å²) in [7, 11) is 0. The summed E-state index contributed by atoms with van der Waals surface area (Å²) < 4.78 is 0. The van der Waals surface area contributed by atoms with Gasteiger partial charge in [-0.3, -0.25) is 4.98 Å². The SMILES string of the molecule is c1ccc(-c2cccc(-c3ccccc3)c2-c2nc(-c3ccc4ccccc4c3)nc(-c3ccc4c(ccc5ncc6ccccc6c54)c3)n2)cc1. The van der Waals surface area contributed by atoms with Crippen molar-refractivity contribution in [2.24, 2.45) is 0 Å². The van der Waals surface area contributed by atoms with E-state index in [9.17, 15) is 0 Å². The first-order valence-corrected chi connectivity index (χ1v) is 17.5. The molecule has 4 heteroatoms. The molecule has 0 fully saturated rings. The van der Waals surface area contributed by atoms with Crippen LogP contribution in [0.15, 0.2) is 182 Å². The van der Waals surface area contributed by atoms with Gasteiger partial charge >= 0.3 is 0 Å². The Morgan fingerprint density at radius 2 is 0.865 bits per heavy atom. The third-order valence-corrected chi connectivity index (χ3v) is 9.93. The van der Waals surface area contributed by atoms with Gasteiger partial charge in [0.2, 0.25) is 0 Å². The van der Waals surface area contributed by atoms with Crippen LogP contribution in [0.25, 0.3) is 99.6 Å². The molecular formula is C48H30N4. The number of benzene rings is 8. The van der Waals surface area contributed by atoms with Crippen LogP contribution in [0.2, 0.25) is 0 Å². The monoisotopic (exact) mass is 662 g/mol. The molecule has 0 aliphatic heterocycles. The van der Waals surface area contributed by atoms with Gasteiger partial charge in [-0.25, -0.2) is 15.0 Å². The van der Waals surface area contributed by atoms with Crippen LogP contribution in [-0.2, 0) is 0 Å². The maximum Gasteiger partial charge on any atom is 0.165 e. The van der Waals surface area contributed by atoms with Crippen LogP contribution >= 0.6 is 0 Å². The molecule has 4 nitrogen and oxygen atoms in total. The second kappa shape index (κ2) is 12.4. The fraction of sp³-hybridized carbons (Fsp3) is 0. The van der Waals surface area contributed by atoms with E-state index in [2.05, 4.69) is 164 Å². The summed E-state index contributed by atoms with van der Waals surface area (Å²) in [6.07, 6.45) is 1.95. The molecule has 0 N–H and O–H groups in total. The largest absolute Gasteiger partial charge is 0.256 e. The molecule has 0 spiro atoms. The van der Waals surface area contributed by atoms with Gasteiger partial charge in [0, 0.05) is 33.7 Å². The lowest BCUT2D eigenvalue weighted by Gasteiger charge is -2.17. The molecule has 0 unspecified atom stereocenters. The minimum Gasteiger partial charge on any atom is -0.256 e. The van der Waals surface area contributed by atoms with Crippen molar-refractivity contribution in [2.75, 3.05) is 0 Å². The molecule has 8 aromatic carbocycles. The molecule has 0 saturated carbocycles. The van der Waals surface area contributed by atoms with Gasteiger partial charge in [0.25, 0.3) is 0 Å². The van der Waals surface area contributed by atoms with Crippen LogP contribution in [0.3, 0.4) is 0 Å². The lowest BCUT2D eigenvalue weighted by atomic mass is 9.91. The molecule has 52 heavy (non-hydrogen) atoms. The normalized spacial score (nSPS) is 11.5. The number of hydrogen-bond acceptors (Lipinski definition) is 4. The van der Waals surface area contributed by atoms with Gasteiger partial charge in [0.15, 0.2) is 17.5 Å².